The molecule has 4 rings (SSSR count). The third-order valence-corrected chi connectivity index (χ3v) is 7.95. The smallest absolute Gasteiger partial charge is 0.272 e. The van der Waals surface area contributed by atoms with Gasteiger partial charge in [-0.2, -0.15) is 0 Å². The fraction of sp³-hybridized carbons (Fsp3) is 0.121. The molecular weight excluding hydrogens is 598 g/mol. The fourth-order valence-corrected chi connectivity index (χ4v) is 5.18. The van der Waals surface area contributed by atoms with E-state index in [2.05, 4.69) is 31.9 Å². The molecule has 0 saturated carbocycles. The first-order chi connectivity index (χ1) is 19.7. The lowest BCUT2D eigenvalue weighted by Crippen LogP contribution is -2.30. The summed E-state index contributed by atoms with van der Waals surface area (Å²) in [6, 6.07) is 29.2. The van der Waals surface area contributed by atoms with Gasteiger partial charge in [0.05, 0.1) is 5.25 Å². The van der Waals surface area contributed by atoms with E-state index in [4.69, 9.17) is 0 Å². The summed E-state index contributed by atoms with van der Waals surface area (Å²) in [6.07, 6.45) is 1.63. The Morgan fingerprint density at radius 3 is 2.24 bits per heavy atom. The van der Waals surface area contributed by atoms with Crippen molar-refractivity contribution in [3.8, 4) is 0 Å². The Kier molecular flexibility index (Phi) is 10.2. The van der Waals surface area contributed by atoms with Gasteiger partial charge in [0.15, 0.2) is 0 Å². The second-order valence-corrected chi connectivity index (χ2v) is 11.7. The van der Waals surface area contributed by atoms with Crippen molar-refractivity contribution in [2.24, 2.45) is 0 Å². The van der Waals surface area contributed by atoms with E-state index >= 15 is 0 Å². The van der Waals surface area contributed by atoms with E-state index in [9.17, 15) is 14.4 Å². The Morgan fingerprint density at radius 2 is 1.54 bits per heavy atom. The standard InChI is InChI=1S/C33H30BrN3O3S/c1-21-9-7-14-29(22(21)2)36-31(38)23(3)41-28-17-15-27(16-18-28)35-33(40)30(20-24-10-8-13-26(34)19-24)37-32(39)25-11-5-4-6-12-25/h4-20,23H,1-3H3,(H,35,40)(H,36,38)(H,37,39)/b30-20-. The van der Waals surface area contributed by atoms with Crippen molar-refractivity contribution >= 4 is 62.9 Å². The van der Waals surface area contributed by atoms with E-state index < -0.39 is 5.91 Å². The number of hydrogen-bond acceptors (Lipinski definition) is 4. The second kappa shape index (κ2) is 14.0. The minimum Gasteiger partial charge on any atom is -0.325 e. The maximum absolute atomic E-state index is 13.3. The highest BCUT2D eigenvalue weighted by Crippen LogP contribution is 2.27. The zero-order chi connectivity index (χ0) is 29.4. The van der Waals surface area contributed by atoms with Gasteiger partial charge in [0.2, 0.25) is 5.91 Å². The first-order valence-corrected chi connectivity index (χ1v) is 14.7. The summed E-state index contributed by atoms with van der Waals surface area (Å²) in [7, 11) is 0. The van der Waals surface area contributed by atoms with Crippen LogP contribution in [-0.2, 0) is 9.59 Å². The molecular formula is C33H30BrN3O3S. The summed E-state index contributed by atoms with van der Waals surface area (Å²) in [4.78, 5) is 39.8. The van der Waals surface area contributed by atoms with E-state index in [0.717, 1.165) is 31.7 Å². The van der Waals surface area contributed by atoms with Gasteiger partial charge >= 0.3 is 0 Å². The van der Waals surface area contributed by atoms with Crippen LogP contribution in [0.1, 0.15) is 34.0 Å². The van der Waals surface area contributed by atoms with Crippen LogP contribution in [0.15, 0.2) is 112 Å². The average Bonchev–Trinajstić information content (AvgIpc) is 2.96. The van der Waals surface area contributed by atoms with Crippen molar-refractivity contribution in [1.82, 2.24) is 5.32 Å². The Labute approximate surface area is 252 Å². The van der Waals surface area contributed by atoms with Gasteiger partial charge in [-0.15, -0.1) is 11.8 Å². The van der Waals surface area contributed by atoms with Crippen LogP contribution < -0.4 is 16.0 Å². The SMILES string of the molecule is Cc1cccc(NC(=O)C(C)Sc2ccc(NC(=O)/C(=C/c3cccc(Br)c3)NC(=O)c3ccccc3)cc2)c1C. The van der Waals surface area contributed by atoms with E-state index in [1.54, 1.807) is 42.5 Å². The molecule has 0 aliphatic carbocycles. The summed E-state index contributed by atoms with van der Waals surface area (Å²) in [6.45, 7) is 5.86. The van der Waals surface area contributed by atoms with Crippen LogP contribution in [0, 0.1) is 13.8 Å². The number of thioether (sulfide) groups is 1. The molecule has 0 aliphatic heterocycles. The van der Waals surface area contributed by atoms with E-state index in [-0.39, 0.29) is 22.8 Å². The lowest BCUT2D eigenvalue weighted by atomic mass is 10.1. The third kappa shape index (κ3) is 8.42. The number of carbonyl (C=O) groups excluding carboxylic acids is 3. The number of rotatable bonds is 9. The summed E-state index contributed by atoms with van der Waals surface area (Å²) >= 11 is 4.87. The van der Waals surface area contributed by atoms with Gasteiger partial charge in [0.25, 0.3) is 11.8 Å². The molecule has 1 unspecified atom stereocenters. The third-order valence-electron chi connectivity index (χ3n) is 6.35. The average molecular weight is 629 g/mol. The van der Waals surface area contributed by atoms with E-state index in [1.165, 1.54) is 11.8 Å². The quantitative estimate of drug-likeness (QED) is 0.132. The van der Waals surface area contributed by atoms with Crippen LogP contribution in [0.4, 0.5) is 11.4 Å². The van der Waals surface area contributed by atoms with Crippen LogP contribution in [0.5, 0.6) is 0 Å². The minimum atomic E-state index is -0.462. The monoisotopic (exact) mass is 627 g/mol. The molecule has 6 nitrogen and oxygen atoms in total. The predicted molar refractivity (Wildman–Crippen MR) is 171 cm³/mol. The number of benzene rings is 4. The molecule has 3 amide bonds. The van der Waals surface area contributed by atoms with Crippen molar-refractivity contribution in [1.29, 1.82) is 0 Å². The summed E-state index contributed by atoms with van der Waals surface area (Å²) in [5.41, 5.74) is 4.83. The van der Waals surface area contributed by atoms with Crippen molar-refractivity contribution in [2.45, 2.75) is 30.9 Å². The van der Waals surface area contributed by atoms with Crippen LogP contribution in [0.25, 0.3) is 6.08 Å². The molecule has 0 spiro atoms. The molecule has 0 bridgehead atoms. The van der Waals surface area contributed by atoms with Crippen LogP contribution in [0.2, 0.25) is 0 Å². The second-order valence-electron chi connectivity index (χ2n) is 9.41. The highest BCUT2D eigenvalue weighted by molar-refractivity contribution is 9.10. The zero-order valence-corrected chi connectivity index (χ0v) is 25.3. The minimum absolute atomic E-state index is 0.0856. The number of nitrogens with one attached hydrogen (secondary N) is 3. The number of aryl methyl sites for hydroxylation is 1. The van der Waals surface area contributed by atoms with Gasteiger partial charge in [-0.3, -0.25) is 14.4 Å². The van der Waals surface area contributed by atoms with Gasteiger partial charge in [0.1, 0.15) is 5.70 Å². The van der Waals surface area contributed by atoms with Gasteiger partial charge < -0.3 is 16.0 Å². The molecule has 0 radical (unpaired) electrons. The van der Waals surface area contributed by atoms with Crippen molar-refractivity contribution in [3.05, 3.63) is 129 Å². The summed E-state index contributed by atoms with van der Waals surface area (Å²) < 4.78 is 0.852. The summed E-state index contributed by atoms with van der Waals surface area (Å²) in [5, 5.41) is 8.28. The van der Waals surface area contributed by atoms with Crippen molar-refractivity contribution in [3.63, 3.8) is 0 Å². The van der Waals surface area contributed by atoms with Crippen molar-refractivity contribution < 1.29 is 14.4 Å². The van der Waals surface area contributed by atoms with Crippen LogP contribution >= 0.6 is 27.7 Å². The maximum Gasteiger partial charge on any atom is 0.272 e. The number of amides is 3. The molecule has 4 aromatic rings. The zero-order valence-electron chi connectivity index (χ0n) is 22.9. The number of hydrogen-bond donors (Lipinski definition) is 3. The summed E-state index contributed by atoms with van der Waals surface area (Å²) in [5.74, 6) is -0.935. The molecule has 4 aromatic carbocycles. The molecule has 3 N–H and O–H groups in total. The van der Waals surface area contributed by atoms with E-state index in [1.807, 2.05) is 81.4 Å². The largest absolute Gasteiger partial charge is 0.325 e. The fourth-order valence-electron chi connectivity index (χ4n) is 3.90. The predicted octanol–water partition coefficient (Wildman–Crippen LogP) is 7.59. The molecule has 208 valence electrons. The highest BCUT2D eigenvalue weighted by atomic mass is 79.9. The Bertz CT molecular complexity index is 1590. The van der Waals surface area contributed by atoms with Crippen LogP contribution in [0.3, 0.4) is 0 Å². The van der Waals surface area contributed by atoms with Gasteiger partial charge in [-0.25, -0.2) is 0 Å². The molecule has 0 saturated heterocycles. The molecule has 1 atom stereocenters. The first kappa shape index (κ1) is 29.8. The molecule has 0 aromatic heterocycles. The molecule has 0 heterocycles. The highest BCUT2D eigenvalue weighted by Gasteiger charge is 2.17. The first-order valence-electron chi connectivity index (χ1n) is 13.0. The number of halogens is 1. The van der Waals surface area contributed by atoms with Gasteiger partial charge in [-0.1, -0.05) is 58.4 Å². The molecule has 0 fully saturated rings. The lowest BCUT2D eigenvalue weighted by Gasteiger charge is -2.15. The molecule has 8 heteroatoms. The maximum atomic E-state index is 13.3. The van der Waals surface area contributed by atoms with E-state index in [0.29, 0.717) is 11.3 Å². The topological polar surface area (TPSA) is 87.3 Å². The Hall–Kier alpha value is -4.14. The number of carbonyl (C=O) groups is 3. The van der Waals surface area contributed by atoms with Crippen molar-refractivity contribution in [2.75, 3.05) is 10.6 Å². The van der Waals surface area contributed by atoms with Gasteiger partial charge in [-0.05, 0) is 98.1 Å². The van der Waals surface area contributed by atoms with Gasteiger partial charge in [0, 0.05) is 26.3 Å². The molecule has 0 aliphatic rings. The molecule has 41 heavy (non-hydrogen) atoms. The van der Waals surface area contributed by atoms with Crippen LogP contribution in [-0.4, -0.2) is 23.0 Å². The number of anilines is 2. The Morgan fingerprint density at radius 1 is 0.829 bits per heavy atom. The lowest BCUT2D eigenvalue weighted by molar-refractivity contribution is -0.115. The normalized spacial score (nSPS) is 11.9. The Balaban J connectivity index is 1.43.